The summed E-state index contributed by atoms with van der Waals surface area (Å²) in [5, 5.41) is 0. The number of benzene rings is 2. The Balaban J connectivity index is 2.10. The van der Waals surface area contributed by atoms with E-state index in [1.54, 1.807) is 16.8 Å². The zero-order chi connectivity index (χ0) is 18.7. The van der Waals surface area contributed by atoms with E-state index in [2.05, 4.69) is 6.92 Å². The second kappa shape index (κ2) is 7.73. The number of nitrogens with zero attached hydrogens (tertiary/aromatic N) is 2. The van der Waals surface area contributed by atoms with Crippen LogP contribution in [-0.2, 0) is 4.79 Å². The van der Waals surface area contributed by atoms with Crippen LogP contribution in [-0.4, -0.2) is 29.8 Å². The molecule has 4 nitrogen and oxygen atoms in total. The molecule has 0 spiro atoms. The first-order chi connectivity index (χ1) is 12.6. The van der Waals surface area contributed by atoms with Crippen LogP contribution in [0.2, 0.25) is 0 Å². The molecular weight excluding hydrogens is 324 g/mol. The molecule has 2 atom stereocenters. The Hall–Kier alpha value is -2.62. The average Bonchev–Trinajstić information content (AvgIpc) is 2.76. The normalized spacial score (nSPS) is 18.5. The summed E-state index contributed by atoms with van der Waals surface area (Å²) in [6.07, 6.45) is 2.57. The van der Waals surface area contributed by atoms with Gasteiger partial charge in [0, 0.05) is 7.05 Å². The maximum absolute atomic E-state index is 13.5. The van der Waals surface area contributed by atoms with Gasteiger partial charge in [0.1, 0.15) is 6.04 Å². The molecule has 1 heterocycles. The molecule has 0 N–H and O–H groups in total. The summed E-state index contributed by atoms with van der Waals surface area (Å²) in [5.41, 5.74) is 2.31. The van der Waals surface area contributed by atoms with E-state index < -0.39 is 6.04 Å². The predicted octanol–water partition coefficient (Wildman–Crippen LogP) is 4.43. The molecule has 4 heteroatoms. The third-order valence-electron chi connectivity index (χ3n) is 5.21. The fourth-order valence-corrected chi connectivity index (χ4v) is 3.69. The molecule has 2 aromatic rings. The van der Waals surface area contributed by atoms with Crippen LogP contribution in [0.4, 0.5) is 5.69 Å². The highest BCUT2D eigenvalue weighted by Crippen LogP contribution is 2.34. The quantitative estimate of drug-likeness (QED) is 0.800. The fourth-order valence-electron chi connectivity index (χ4n) is 3.69. The summed E-state index contributed by atoms with van der Waals surface area (Å²) in [6.45, 7) is 4.11. The lowest BCUT2D eigenvalue weighted by atomic mass is 10.0. The van der Waals surface area contributed by atoms with Crippen LogP contribution in [0.1, 0.15) is 55.1 Å². The maximum atomic E-state index is 13.5. The lowest BCUT2D eigenvalue weighted by Gasteiger charge is -2.35. The minimum atomic E-state index is -0.449. The van der Waals surface area contributed by atoms with Gasteiger partial charge in [-0.25, -0.2) is 0 Å². The van der Waals surface area contributed by atoms with Gasteiger partial charge in [0.2, 0.25) is 5.91 Å². The standard InChI is InChI=1S/C22H26N2O2/c1-4-5-14-20-22(26)23(3)19-15-10-9-13-18(19)21(25)24(20)16(2)17-11-7-6-8-12-17/h6-13,15-16,20H,4-5,14H2,1-3H3/t16-,20-/m0/s1. The van der Waals surface area contributed by atoms with Crippen LogP contribution in [0.3, 0.4) is 0 Å². The Morgan fingerprint density at radius 1 is 1.00 bits per heavy atom. The van der Waals surface area contributed by atoms with Crippen molar-refractivity contribution in [3.8, 4) is 0 Å². The maximum Gasteiger partial charge on any atom is 0.257 e. The van der Waals surface area contributed by atoms with Crippen LogP contribution < -0.4 is 4.90 Å². The van der Waals surface area contributed by atoms with E-state index in [-0.39, 0.29) is 17.9 Å². The van der Waals surface area contributed by atoms with E-state index in [0.29, 0.717) is 17.7 Å². The van der Waals surface area contributed by atoms with E-state index in [0.717, 1.165) is 18.4 Å². The van der Waals surface area contributed by atoms with E-state index >= 15 is 0 Å². The highest BCUT2D eigenvalue weighted by atomic mass is 16.2. The monoisotopic (exact) mass is 350 g/mol. The van der Waals surface area contributed by atoms with Crippen molar-refractivity contribution in [3.63, 3.8) is 0 Å². The third-order valence-corrected chi connectivity index (χ3v) is 5.21. The molecule has 0 saturated heterocycles. The van der Waals surface area contributed by atoms with Gasteiger partial charge in [-0.15, -0.1) is 0 Å². The van der Waals surface area contributed by atoms with Crippen LogP contribution in [0.15, 0.2) is 54.6 Å². The van der Waals surface area contributed by atoms with Crippen LogP contribution in [0, 0.1) is 0 Å². The van der Waals surface area contributed by atoms with Gasteiger partial charge in [-0.05, 0) is 31.0 Å². The first kappa shape index (κ1) is 18.2. The van der Waals surface area contributed by atoms with Crippen molar-refractivity contribution >= 4 is 17.5 Å². The van der Waals surface area contributed by atoms with Crippen molar-refractivity contribution in [2.45, 2.75) is 45.2 Å². The number of anilines is 1. The van der Waals surface area contributed by atoms with E-state index in [9.17, 15) is 9.59 Å². The molecule has 0 saturated carbocycles. The molecule has 2 amide bonds. The van der Waals surface area contributed by atoms with Gasteiger partial charge < -0.3 is 9.80 Å². The number of unbranched alkanes of at least 4 members (excludes halogenated alkanes) is 1. The molecule has 26 heavy (non-hydrogen) atoms. The summed E-state index contributed by atoms with van der Waals surface area (Å²) in [7, 11) is 1.77. The number of amides is 2. The van der Waals surface area contributed by atoms with Gasteiger partial charge in [-0.2, -0.15) is 0 Å². The highest BCUT2D eigenvalue weighted by Gasteiger charge is 2.40. The highest BCUT2D eigenvalue weighted by molar-refractivity contribution is 6.10. The van der Waals surface area contributed by atoms with Crippen LogP contribution in [0.5, 0.6) is 0 Å². The largest absolute Gasteiger partial charge is 0.320 e. The minimum Gasteiger partial charge on any atom is -0.320 e. The SMILES string of the molecule is CCCC[C@H]1C(=O)N(C)c2ccccc2C(=O)N1[C@@H](C)c1ccccc1. The van der Waals surface area contributed by atoms with E-state index in [4.69, 9.17) is 0 Å². The number of hydrogen-bond donors (Lipinski definition) is 0. The molecule has 0 fully saturated rings. The first-order valence-electron chi connectivity index (χ1n) is 9.30. The molecule has 136 valence electrons. The molecule has 2 aromatic carbocycles. The molecular formula is C22H26N2O2. The topological polar surface area (TPSA) is 40.6 Å². The predicted molar refractivity (Wildman–Crippen MR) is 104 cm³/mol. The molecule has 0 unspecified atom stereocenters. The number of fused-ring (bicyclic) bond motifs is 1. The molecule has 0 radical (unpaired) electrons. The third kappa shape index (κ3) is 3.24. The first-order valence-corrected chi connectivity index (χ1v) is 9.30. The number of hydrogen-bond acceptors (Lipinski definition) is 2. The Kier molecular flexibility index (Phi) is 5.40. The minimum absolute atomic E-state index is 0.0143. The van der Waals surface area contributed by atoms with Gasteiger partial charge in [0.05, 0.1) is 17.3 Å². The number of carbonyl (C=O) groups excluding carboxylic acids is 2. The van der Waals surface area contributed by atoms with Gasteiger partial charge in [-0.3, -0.25) is 9.59 Å². The Morgan fingerprint density at radius 2 is 1.65 bits per heavy atom. The number of para-hydroxylation sites is 1. The van der Waals surface area contributed by atoms with Crippen LogP contribution in [0.25, 0.3) is 0 Å². The molecule has 3 rings (SSSR count). The van der Waals surface area contributed by atoms with Crippen molar-refractivity contribution in [2.24, 2.45) is 0 Å². The van der Waals surface area contributed by atoms with E-state index in [1.807, 2.05) is 61.5 Å². The Bertz CT molecular complexity index is 788. The fraction of sp³-hybridized carbons (Fsp3) is 0.364. The number of likely N-dealkylation sites (N-methyl/N-ethyl adjacent to an activating group) is 1. The summed E-state index contributed by atoms with van der Waals surface area (Å²) >= 11 is 0. The van der Waals surface area contributed by atoms with Crippen molar-refractivity contribution in [2.75, 3.05) is 11.9 Å². The van der Waals surface area contributed by atoms with E-state index in [1.165, 1.54) is 0 Å². The molecule has 0 bridgehead atoms. The van der Waals surface area contributed by atoms with Crippen molar-refractivity contribution in [1.82, 2.24) is 4.90 Å². The van der Waals surface area contributed by atoms with Gasteiger partial charge in [-0.1, -0.05) is 62.2 Å². The van der Waals surface area contributed by atoms with Crippen LogP contribution >= 0.6 is 0 Å². The molecule has 1 aliphatic heterocycles. The molecule has 0 aliphatic carbocycles. The summed E-state index contributed by atoms with van der Waals surface area (Å²) in [5.74, 6) is -0.0877. The molecule has 1 aliphatic rings. The molecule has 0 aromatic heterocycles. The zero-order valence-corrected chi connectivity index (χ0v) is 15.7. The number of rotatable bonds is 5. The van der Waals surface area contributed by atoms with Gasteiger partial charge >= 0.3 is 0 Å². The van der Waals surface area contributed by atoms with Gasteiger partial charge in [0.15, 0.2) is 0 Å². The summed E-state index contributed by atoms with van der Waals surface area (Å²) in [6, 6.07) is 16.7. The zero-order valence-electron chi connectivity index (χ0n) is 15.7. The lowest BCUT2D eigenvalue weighted by molar-refractivity contribution is -0.123. The average molecular weight is 350 g/mol. The number of carbonyl (C=O) groups is 2. The second-order valence-electron chi connectivity index (χ2n) is 6.87. The van der Waals surface area contributed by atoms with Crippen molar-refractivity contribution < 1.29 is 9.59 Å². The Labute approximate surface area is 155 Å². The summed E-state index contributed by atoms with van der Waals surface area (Å²) in [4.78, 5) is 30.1. The Morgan fingerprint density at radius 3 is 2.35 bits per heavy atom. The smallest absolute Gasteiger partial charge is 0.257 e. The lowest BCUT2D eigenvalue weighted by Crippen LogP contribution is -2.48. The second-order valence-corrected chi connectivity index (χ2v) is 6.87. The summed E-state index contributed by atoms with van der Waals surface area (Å²) < 4.78 is 0. The van der Waals surface area contributed by atoms with Crippen molar-refractivity contribution in [3.05, 3.63) is 65.7 Å². The van der Waals surface area contributed by atoms with Gasteiger partial charge in [0.25, 0.3) is 5.91 Å². The van der Waals surface area contributed by atoms with Crippen molar-refractivity contribution in [1.29, 1.82) is 0 Å².